The van der Waals surface area contributed by atoms with Gasteiger partial charge in [-0.25, -0.2) is 4.39 Å². The van der Waals surface area contributed by atoms with Crippen molar-refractivity contribution in [3.8, 4) is 0 Å². The maximum Gasteiger partial charge on any atom is 0.246 e. The van der Waals surface area contributed by atoms with E-state index in [1.807, 2.05) is 30.3 Å². The van der Waals surface area contributed by atoms with Crippen LogP contribution >= 0.6 is 0 Å². The average Bonchev–Trinajstić information content (AvgIpc) is 3.50. The fourth-order valence-corrected chi connectivity index (χ4v) is 5.36. The summed E-state index contributed by atoms with van der Waals surface area (Å²) in [7, 11) is 1.51. The number of amides is 3. The molecule has 35 heavy (non-hydrogen) atoms. The Hall–Kier alpha value is -3.56. The maximum atomic E-state index is 14.2. The molecule has 2 saturated heterocycles. The maximum absolute atomic E-state index is 14.2. The fourth-order valence-electron chi connectivity index (χ4n) is 5.36. The van der Waals surface area contributed by atoms with Crippen LogP contribution in [0, 0.1) is 17.7 Å². The van der Waals surface area contributed by atoms with Crippen LogP contribution in [0.2, 0.25) is 0 Å². The van der Waals surface area contributed by atoms with Gasteiger partial charge in [0.15, 0.2) is 0 Å². The molecule has 0 aromatic heterocycles. The molecule has 1 spiro atoms. The van der Waals surface area contributed by atoms with E-state index in [0.29, 0.717) is 0 Å². The molecule has 0 aliphatic carbocycles. The topological polar surface area (TPSA) is 97.0 Å². The van der Waals surface area contributed by atoms with Crippen molar-refractivity contribution in [3.63, 3.8) is 0 Å². The zero-order valence-corrected chi connectivity index (χ0v) is 19.1. The Kier molecular flexibility index (Phi) is 6.12. The van der Waals surface area contributed by atoms with E-state index in [2.05, 4.69) is 10.6 Å². The second-order valence-corrected chi connectivity index (χ2v) is 8.90. The number of carbonyl (C=O) groups excluding carboxylic acids is 3. The van der Waals surface area contributed by atoms with Crippen LogP contribution in [-0.2, 0) is 30.4 Å². The summed E-state index contributed by atoms with van der Waals surface area (Å²) in [5.41, 5.74) is -0.345. The highest BCUT2D eigenvalue weighted by Gasteiger charge is 2.72. The summed E-state index contributed by atoms with van der Waals surface area (Å²) in [5.74, 6) is -3.64. The number of hydrogen-bond acceptors (Lipinski definition) is 5. The van der Waals surface area contributed by atoms with Crippen molar-refractivity contribution in [1.82, 2.24) is 10.2 Å². The zero-order chi connectivity index (χ0) is 24.6. The molecule has 0 saturated carbocycles. The molecule has 3 heterocycles. The van der Waals surface area contributed by atoms with Crippen LogP contribution < -0.4 is 10.6 Å². The minimum absolute atomic E-state index is 0.0251. The number of nitrogens with one attached hydrogen (secondary N) is 2. The molecule has 9 heteroatoms. The van der Waals surface area contributed by atoms with Gasteiger partial charge in [0.05, 0.1) is 30.2 Å². The third kappa shape index (κ3) is 3.90. The molecule has 2 aromatic carbocycles. The first-order chi connectivity index (χ1) is 17.0. The lowest BCUT2D eigenvalue weighted by Gasteiger charge is -2.32. The molecule has 0 unspecified atom stereocenters. The van der Waals surface area contributed by atoms with Crippen LogP contribution in [0.5, 0.6) is 0 Å². The van der Waals surface area contributed by atoms with Crippen LogP contribution in [0.3, 0.4) is 0 Å². The van der Waals surface area contributed by atoms with Crippen LogP contribution in [-0.4, -0.2) is 60.6 Å². The van der Waals surface area contributed by atoms with E-state index in [1.165, 1.54) is 30.2 Å². The van der Waals surface area contributed by atoms with Gasteiger partial charge in [-0.2, -0.15) is 0 Å². The Morgan fingerprint density at radius 1 is 1.11 bits per heavy atom. The number of halogens is 1. The summed E-state index contributed by atoms with van der Waals surface area (Å²) in [4.78, 5) is 41.8. The van der Waals surface area contributed by atoms with Crippen molar-refractivity contribution in [2.24, 2.45) is 11.8 Å². The molecule has 182 valence electrons. The van der Waals surface area contributed by atoms with Gasteiger partial charge in [0, 0.05) is 20.2 Å². The van der Waals surface area contributed by atoms with E-state index in [4.69, 9.17) is 9.47 Å². The first-order valence-corrected chi connectivity index (χ1v) is 11.5. The van der Waals surface area contributed by atoms with Gasteiger partial charge in [-0.3, -0.25) is 14.4 Å². The number of ether oxygens (including phenoxy) is 2. The highest BCUT2D eigenvalue weighted by molar-refractivity contribution is 6.02. The van der Waals surface area contributed by atoms with Gasteiger partial charge in [0.25, 0.3) is 0 Å². The summed E-state index contributed by atoms with van der Waals surface area (Å²) in [6, 6.07) is 14.3. The number of para-hydroxylation sites is 1. The molecule has 5 atom stereocenters. The third-order valence-corrected chi connectivity index (χ3v) is 6.90. The molecule has 8 nitrogen and oxygen atoms in total. The highest BCUT2D eigenvalue weighted by Crippen LogP contribution is 2.55. The van der Waals surface area contributed by atoms with Gasteiger partial charge in [0.2, 0.25) is 17.7 Å². The predicted molar refractivity (Wildman–Crippen MR) is 124 cm³/mol. The first kappa shape index (κ1) is 23.2. The van der Waals surface area contributed by atoms with Crippen molar-refractivity contribution in [3.05, 3.63) is 78.1 Å². The lowest BCUT2D eigenvalue weighted by atomic mass is 9.74. The largest absolute Gasteiger partial charge is 0.383 e. The molecule has 2 fully saturated rings. The van der Waals surface area contributed by atoms with Crippen molar-refractivity contribution < 1.29 is 28.2 Å². The molecule has 0 radical (unpaired) electrons. The first-order valence-electron chi connectivity index (χ1n) is 11.5. The lowest BCUT2D eigenvalue weighted by Crippen LogP contribution is -2.55. The minimum Gasteiger partial charge on any atom is -0.383 e. The van der Waals surface area contributed by atoms with E-state index in [0.717, 1.165) is 5.56 Å². The van der Waals surface area contributed by atoms with E-state index in [1.54, 1.807) is 18.2 Å². The molecular formula is C26H26FN3O5. The fraction of sp³-hybridized carbons (Fsp3) is 0.346. The quantitative estimate of drug-likeness (QED) is 0.564. The molecule has 2 N–H and O–H groups in total. The number of methoxy groups -OCH3 is 1. The Bertz CT molecular complexity index is 1170. The Morgan fingerprint density at radius 3 is 2.60 bits per heavy atom. The second-order valence-electron chi connectivity index (χ2n) is 8.90. The minimum atomic E-state index is -1.28. The number of hydrogen-bond donors (Lipinski definition) is 2. The molecule has 2 bridgehead atoms. The predicted octanol–water partition coefficient (Wildman–Crippen LogP) is 1.88. The number of nitrogens with zero attached hydrogens (tertiary/aromatic N) is 1. The average molecular weight is 480 g/mol. The standard InChI is InChI=1S/C26H26FN3O5/c1-34-14-13-30-22(24(32)28-15-16-7-3-2-4-8-16)26-12-11-19(35-26)20(21(26)25(30)33)23(31)29-18-10-6-5-9-17(18)27/h2-12,19-22H,13-15H2,1H3,(H,28,32)(H,29,31)/t19-,20+,21-,22-,26+/m1/s1. The second kappa shape index (κ2) is 9.24. The van der Waals surface area contributed by atoms with Crippen molar-refractivity contribution in [2.75, 3.05) is 25.6 Å². The van der Waals surface area contributed by atoms with Crippen molar-refractivity contribution in [2.45, 2.75) is 24.3 Å². The van der Waals surface area contributed by atoms with Gasteiger partial charge >= 0.3 is 0 Å². The number of carbonyl (C=O) groups is 3. The molecule has 3 amide bonds. The number of likely N-dealkylation sites (tertiary alicyclic amines) is 1. The molecular weight excluding hydrogens is 453 g/mol. The van der Waals surface area contributed by atoms with Crippen molar-refractivity contribution in [1.29, 1.82) is 0 Å². The number of benzene rings is 2. The van der Waals surface area contributed by atoms with Gasteiger partial charge in [-0.15, -0.1) is 0 Å². The van der Waals surface area contributed by atoms with Crippen LogP contribution in [0.1, 0.15) is 5.56 Å². The van der Waals surface area contributed by atoms with Gasteiger partial charge in [-0.1, -0.05) is 54.6 Å². The van der Waals surface area contributed by atoms with E-state index in [-0.39, 0.29) is 37.2 Å². The monoisotopic (exact) mass is 479 g/mol. The van der Waals surface area contributed by atoms with E-state index < -0.39 is 41.3 Å². The number of fused-ring (bicyclic) bond motifs is 1. The molecule has 2 aromatic rings. The molecule has 3 aliphatic rings. The Morgan fingerprint density at radius 2 is 1.86 bits per heavy atom. The lowest BCUT2D eigenvalue weighted by molar-refractivity contribution is -0.141. The van der Waals surface area contributed by atoms with E-state index in [9.17, 15) is 18.8 Å². The van der Waals surface area contributed by atoms with Crippen LogP contribution in [0.4, 0.5) is 10.1 Å². The van der Waals surface area contributed by atoms with Gasteiger partial charge < -0.3 is 25.0 Å². The zero-order valence-electron chi connectivity index (χ0n) is 19.1. The Labute approximate surface area is 202 Å². The smallest absolute Gasteiger partial charge is 0.246 e. The summed E-state index contributed by atoms with van der Waals surface area (Å²) < 4.78 is 25.6. The van der Waals surface area contributed by atoms with E-state index >= 15 is 0 Å². The van der Waals surface area contributed by atoms with Gasteiger partial charge in [0.1, 0.15) is 17.5 Å². The third-order valence-electron chi connectivity index (χ3n) is 6.90. The SMILES string of the molecule is COCCN1C(=O)[C@H]2[C@@H](C(=O)Nc3ccccc3F)[C@H]3C=C[C@@]2(O3)[C@H]1C(=O)NCc1ccccc1. The highest BCUT2D eigenvalue weighted by atomic mass is 19.1. The Balaban J connectivity index is 1.42. The number of rotatable bonds is 8. The summed E-state index contributed by atoms with van der Waals surface area (Å²) in [5, 5.41) is 5.50. The van der Waals surface area contributed by atoms with Crippen LogP contribution in [0.15, 0.2) is 66.7 Å². The summed E-state index contributed by atoms with van der Waals surface area (Å²) in [6.07, 6.45) is 2.75. The molecule has 5 rings (SSSR count). The summed E-state index contributed by atoms with van der Waals surface area (Å²) >= 11 is 0. The molecule has 3 aliphatic heterocycles. The van der Waals surface area contributed by atoms with Gasteiger partial charge in [-0.05, 0) is 17.7 Å². The normalized spacial score (nSPS) is 28.3. The van der Waals surface area contributed by atoms with Crippen LogP contribution in [0.25, 0.3) is 0 Å². The summed E-state index contributed by atoms with van der Waals surface area (Å²) in [6.45, 7) is 0.671. The number of anilines is 1. The van der Waals surface area contributed by atoms with Crippen molar-refractivity contribution >= 4 is 23.4 Å².